The highest BCUT2D eigenvalue weighted by Gasteiger charge is 2.30. The first-order valence-corrected chi connectivity index (χ1v) is 11.9. The van der Waals surface area contributed by atoms with Crippen molar-refractivity contribution in [3.8, 4) is 17.2 Å². The van der Waals surface area contributed by atoms with E-state index in [1.54, 1.807) is 7.11 Å². The normalized spacial score (nSPS) is 25.4. The molecule has 0 amide bonds. The van der Waals surface area contributed by atoms with Crippen molar-refractivity contribution in [2.45, 2.75) is 63.1 Å². The van der Waals surface area contributed by atoms with Crippen LogP contribution >= 0.6 is 11.8 Å². The Morgan fingerprint density at radius 3 is 3.07 bits per heavy atom. The van der Waals surface area contributed by atoms with E-state index in [2.05, 4.69) is 10.3 Å². The number of ether oxygens (including phenoxy) is 2. The molecule has 2 aromatic rings. The minimum atomic E-state index is -0.225. The van der Waals surface area contributed by atoms with Crippen LogP contribution in [0.25, 0.3) is 11.5 Å². The van der Waals surface area contributed by atoms with Crippen LogP contribution in [0.2, 0.25) is 0 Å². The van der Waals surface area contributed by atoms with E-state index in [1.165, 1.54) is 6.42 Å². The van der Waals surface area contributed by atoms with Gasteiger partial charge < -0.3 is 24.3 Å². The number of methoxy groups -OCH3 is 1. The number of rotatable bonds is 8. The third-order valence-electron chi connectivity index (χ3n) is 6.15. The van der Waals surface area contributed by atoms with Gasteiger partial charge in [0.1, 0.15) is 17.2 Å². The van der Waals surface area contributed by atoms with E-state index in [1.807, 2.05) is 43.0 Å². The molecule has 164 valence electrons. The van der Waals surface area contributed by atoms with Gasteiger partial charge in [0.25, 0.3) is 0 Å². The molecule has 1 aromatic carbocycles. The van der Waals surface area contributed by atoms with E-state index < -0.39 is 0 Å². The Hall–Kier alpha value is -1.54. The second-order valence-electron chi connectivity index (χ2n) is 8.33. The highest BCUT2D eigenvalue weighted by atomic mass is 32.2. The third-order valence-corrected chi connectivity index (χ3v) is 7.43. The van der Waals surface area contributed by atoms with Crippen LogP contribution < -0.4 is 10.1 Å². The predicted octanol–water partition coefficient (Wildman–Crippen LogP) is 4.15. The van der Waals surface area contributed by atoms with E-state index in [0.29, 0.717) is 23.7 Å². The molecule has 0 spiro atoms. The van der Waals surface area contributed by atoms with Gasteiger partial charge >= 0.3 is 0 Å². The van der Waals surface area contributed by atoms with Crippen molar-refractivity contribution in [2.75, 3.05) is 19.5 Å². The zero-order valence-corrected chi connectivity index (χ0v) is 18.6. The smallest absolute Gasteiger partial charge is 0.226 e. The summed E-state index contributed by atoms with van der Waals surface area (Å²) in [6.07, 6.45) is 5.31. The van der Waals surface area contributed by atoms with E-state index in [4.69, 9.17) is 13.9 Å². The molecule has 1 aliphatic carbocycles. The number of aromatic nitrogens is 1. The fourth-order valence-corrected chi connectivity index (χ4v) is 5.43. The van der Waals surface area contributed by atoms with Crippen molar-refractivity contribution in [3.05, 3.63) is 35.7 Å². The van der Waals surface area contributed by atoms with E-state index in [-0.39, 0.29) is 12.2 Å². The number of benzene rings is 1. The number of hydrogen-bond acceptors (Lipinski definition) is 7. The second kappa shape index (κ2) is 10.2. The Labute approximate surface area is 182 Å². The van der Waals surface area contributed by atoms with Crippen molar-refractivity contribution >= 4 is 11.8 Å². The summed E-state index contributed by atoms with van der Waals surface area (Å²) >= 11 is 1.83. The van der Waals surface area contributed by atoms with Crippen LogP contribution in [-0.4, -0.2) is 47.1 Å². The average Bonchev–Trinajstić information content (AvgIpc) is 3.43. The molecule has 7 heteroatoms. The first kappa shape index (κ1) is 21.7. The van der Waals surface area contributed by atoms with Crippen molar-refractivity contribution < 1.29 is 19.0 Å². The van der Waals surface area contributed by atoms with Crippen LogP contribution in [0.3, 0.4) is 0 Å². The Morgan fingerprint density at radius 1 is 1.37 bits per heavy atom. The molecule has 1 aliphatic heterocycles. The number of nitrogens with zero attached hydrogens (tertiary/aromatic N) is 1. The van der Waals surface area contributed by atoms with Gasteiger partial charge in [-0.2, -0.15) is 0 Å². The van der Waals surface area contributed by atoms with Gasteiger partial charge in [-0.1, -0.05) is 18.9 Å². The van der Waals surface area contributed by atoms with E-state index in [9.17, 15) is 5.11 Å². The molecule has 4 atom stereocenters. The van der Waals surface area contributed by atoms with Crippen LogP contribution in [-0.2, 0) is 11.3 Å². The van der Waals surface area contributed by atoms with Crippen LogP contribution in [0.5, 0.6) is 5.75 Å². The standard InChI is InChI=1S/C23H32N2O4S/c1-15-20(25-23(29-15)17-6-4-7-18(11-17)27-2)13-28-19-8-3-5-16(9-19)10-21(26)22-12-24-14-30-22/h4,6-7,11,16,19,21-22,24,26H,3,5,8-10,12-14H2,1-2H3/t16-,19+,21?,22?/m0/s1. The number of aliphatic hydroxyl groups is 1. The molecule has 1 saturated carbocycles. The minimum Gasteiger partial charge on any atom is -0.497 e. The number of aliphatic hydroxyl groups excluding tert-OH is 1. The van der Waals surface area contributed by atoms with Gasteiger partial charge in [-0.3, -0.25) is 0 Å². The summed E-state index contributed by atoms with van der Waals surface area (Å²) < 4.78 is 17.4. The third kappa shape index (κ3) is 5.38. The SMILES string of the molecule is COc1cccc(-c2nc(CO[C@@H]3CCC[C@H](CC(O)C4CNCS4)C3)c(C)o2)c1. The molecule has 6 nitrogen and oxygen atoms in total. The van der Waals surface area contributed by atoms with Crippen LogP contribution in [0.15, 0.2) is 28.7 Å². The fourth-order valence-electron chi connectivity index (χ4n) is 4.41. The van der Waals surface area contributed by atoms with Crippen LogP contribution in [0.1, 0.15) is 43.6 Å². The average molecular weight is 433 g/mol. The Bertz CT molecular complexity index is 821. The van der Waals surface area contributed by atoms with Gasteiger partial charge in [0.15, 0.2) is 0 Å². The Morgan fingerprint density at radius 2 is 2.27 bits per heavy atom. The molecule has 2 N–H and O–H groups in total. The summed E-state index contributed by atoms with van der Waals surface area (Å²) in [5, 5.41) is 14.2. The molecule has 1 aromatic heterocycles. The molecular weight excluding hydrogens is 400 g/mol. The fraction of sp³-hybridized carbons (Fsp3) is 0.609. The second-order valence-corrected chi connectivity index (χ2v) is 9.55. The van der Waals surface area contributed by atoms with Gasteiger partial charge in [-0.05, 0) is 50.3 Å². The number of thioether (sulfide) groups is 1. The topological polar surface area (TPSA) is 76.8 Å². The van der Waals surface area contributed by atoms with Gasteiger partial charge in [0.2, 0.25) is 5.89 Å². The lowest BCUT2D eigenvalue weighted by Gasteiger charge is -2.31. The molecule has 1 saturated heterocycles. The predicted molar refractivity (Wildman–Crippen MR) is 119 cm³/mol. The summed E-state index contributed by atoms with van der Waals surface area (Å²) in [7, 11) is 1.65. The van der Waals surface area contributed by atoms with Crippen LogP contribution in [0.4, 0.5) is 0 Å². The quantitative estimate of drug-likeness (QED) is 0.649. The summed E-state index contributed by atoms with van der Waals surface area (Å²) in [6.45, 7) is 3.31. The highest BCUT2D eigenvalue weighted by molar-refractivity contribution is 8.00. The highest BCUT2D eigenvalue weighted by Crippen LogP contribution is 2.33. The van der Waals surface area contributed by atoms with Gasteiger partial charge in [0.05, 0.1) is 25.9 Å². The maximum atomic E-state index is 10.5. The molecule has 2 unspecified atom stereocenters. The number of oxazole rings is 1. The lowest BCUT2D eigenvalue weighted by atomic mass is 9.83. The molecule has 2 fully saturated rings. The zero-order valence-electron chi connectivity index (χ0n) is 17.8. The lowest BCUT2D eigenvalue weighted by molar-refractivity contribution is -0.00706. The number of nitrogens with one attached hydrogen (secondary N) is 1. The summed E-state index contributed by atoms with van der Waals surface area (Å²) in [6, 6.07) is 7.72. The lowest BCUT2D eigenvalue weighted by Crippen LogP contribution is -2.31. The largest absolute Gasteiger partial charge is 0.497 e. The van der Waals surface area contributed by atoms with Gasteiger partial charge in [0, 0.05) is 23.2 Å². The van der Waals surface area contributed by atoms with Gasteiger partial charge in [-0.25, -0.2) is 4.98 Å². The molecule has 2 heterocycles. The first-order valence-electron chi connectivity index (χ1n) is 10.8. The number of hydrogen-bond donors (Lipinski definition) is 2. The Balaban J connectivity index is 1.31. The molecule has 0 radical (unpaired) electrons. The monoisotopic (exact) mass is 432 g/mol. The zero-order chi connectivity index (χ0) is 20.9. The molecule has 2 aliphatic rings. The van der Waals surface area contributed by atoms with E-state index in [0.717, 1.165) is 60.9 Å². The number of aryl methyl sites for hydroxylation is 1. The molecule has 4 rings (SSSR count). The summed E-state index contributed by atoms with van der Waals surface area (Å²) in [5.74, 6) is 3.65. The Kier molecular flexibility index (Phi) is 7.36. The maximum absolute atomic E-state index is 10.5. The molecule has 0 bridgehead atoms. The van der Waals surface area contributed by atoms with E-state index >= 15 is 0 Å². The van der Waals surface area contributed by atoms with Crippen molar-refractivity contribution in [1.82, 2.24) is 10.3 Å². The van der Waals surface area contributed by atoms with Crippen molar-refractivity contribution in [3.63, 3.8) is 0 Å². The summed E-state index contributed by atoms with van der Waals surface area (Å²) in [5.41, 5.74) is 1.75. The molecule has 30 heavy (non-hydrogen) atoms. The molecular formula is C23H32N2O4S. The van der Waals surface area contributed by atoms with Gasteiger partial charge in [-0.15, -0.1) is 11.8 Å². The summed E-state index contributed by atoms with van der Waals surface area (Å²) in [4.78, 5) is 4.66. The van der Waals surface area contributed by atoms with Crippen molar-refractivity contribution in [1.29, 1.82) is 0 Å². The first-order chi connectivity index (χ1) is 14.6. The van der Waals surface area contributed by atoms with Crippen LogP contribution in [0, 0.1) is 12.8 Å². The minimum absolute atomic E-state index is 0.224. The maximum Gasteiger partial charge on any atom is 0.226 e. The van der Waals surface area contributed by atoms with Crippen molar-refractivity contribution in [2.24, 2.45) is 5.92 Å².